The molecule has 0 aromatic heterocycles. The Morgan fingerprint density at radius 1 is 1.20 bits per heavy atom. The van der Waals surface area contributed by atoms with Crippen LogP contribution in [0.4, 0.5) is 0 Å². The lowest BCUT2D eigenvalue weighted by atomic mass is 9.99. The number of ether oxygens (including phenoxy) is 1. The maximum atomic E-state index is 11.1. The van der Waals surface area contributed by atoms with Crippen LogP contribution < -0.4 is 0 Å². The highest BCUT2D eigenvalue weighted by molar-refractivity contribution is 5.73. The van der Waals surface area contributed by atoms with Crippen molar-refractivity contribution in [3.8, 4) is 0 Å². The highest BCUT2D eigenvalue weighted by atomic mass is 16.5. The van der Waals surface area contributed by atoms with E-state index in [1.807, 2.05) is 0 Å². The molecule has 0 N–H and O–H groups in total. The summed E-state index contributed by atoms with van der Waals surface area (Å²) in [6, 6.07) is 0. The molecule has 2 atom stereocenters. The van der Waals surface area contributed by atoms with E-state index < -0.39 is 0 Å². The summed E-state index contributed by atoms with van der Waals surface area (Å²) in [6.45, 7) is 0. The minimum Gasteiger partial charge on any atom is -0.462 e. The minimum absolute atomic E-state index is 0.0637. The lowest BCUT2D eigenvalue weighted by Gasteiger charge is -2.22. The van der Waals surface area contributed by atoms with Crippen LogP contribution in [0.5, 0.6) is 0 Å². The molecule has 10 heavy (non-hydrogen) atoms. The van der Waals surface area contributed by atoms with Gasteiger partial charge in [0.25, 0.3) is 0 Å². The zero-order valence-electron chi connectivity index (χ0n) is 6.01. The van der Waals surface area contributed by atoms with Gasteiger partial charge in [0.2, 0.25) is 0 Å². The average Bonchev–Trinajstić information content (AvgIpc) is 2.20. The zero-order valence-corrected chi connectivity index (χ0v) is 6.01. The first-order chi connectivity index (χ1) is 4.86. The van der Waals surface area contributed by atoms with Crippen LogP contribution in [0.1, 0.15) is 32.1 Å². The molecule has 2 heteroatoms. The molecular weight excluding hydrogens is 128 g/mol. The Balaban J connectivity index is 2.15. The molecule has 2 heterocycles. The Labute approximate surface area is 60.6 Å². The van der Waals surface area contributed by atoms with E-state index >= 15 is 0 Å². The monoisotopic (exact) mass is 140 g/mol. The van der Waals surface area contributed by atoms with Gasteiger partial charge < -0.3 is 4.74 Å². The summed E-state index contributed by atoms with van der Waals surface area (Å²) in [7, 11) is 0. The van der Waals surface area contributed by atoms with E-state index in [0.717, 1.165) is 25.7 Å². The lowest BCUT2D eigenvalue weighted by molar-refractivity contribution is -0.158. The van der Waals surface area contributed by atoms with Crippen molar-refractivity contribution in [2.75, 3.05) is 0 Å². The molecule has 1 saturated carbocycles. The van der Waals surface area contributed by atoms with Crippen molar-refractivity contribution < 1.29 is 9.53 Å². The highest BCUT2D eigenvalue weighted by Gasteiger charge is 2.32. The summed E-state index contributed by atoms with van der Waals surface area (Å²) < 4.78 is 5.17. The molecule has 0 aromatic carbocycles. The standard InChI is InChI=1S/C8H12O2/c9-8-6-2-1-3-7(10-8)5-4-6/h6-7H,1-5H2/t6-,7-/m1/s1. The van der Waals surface area contributed by atoms with Gasteiger partial charge in [0.15, 0.2) is 0 Å². The first-order valence-electron chi connectivity index (χ1n) is 4.07. The third-order valence-corrected chi connectivity index (χ3v) is 2.53. The van der Waals surface area contributed by atoms with E-state index in [2.05, 4.69) is 0 Å². The lowest BCUT2D eigenvalue weighted by Crippen LogP contribution is -2.27. The first kappa shape index (κ1) is 6.20. The largest absolute Gasteiger partial charge is 0.462 e. The van der Waals surface area contributed by atoms with Crippen LogP contribution in [0.2, 0.25) is 0 Å². The van der Waals surface area contributed by atoms with Gasteiger partial charge in [0.1, 0.15) is 6.10 Å². The smallest absolute Gasteiger partial charge is 0.309 e. The maximum absolute atomic E-state index is 11.1. The quantitative estimate of drug-likeness (QED) is 0.476. The molecule has 0 aromatic rings. The predicted octanol–water partition coefficient (Wildman–Crippen LogP) is 1.49. The summed E-state index contributed by atoms with van der Waals surface area (Å²) in [4.78, 5) is 11.1. The molecule has 2 bridgehead atoms. The Morgan fingerprint density at radius 2 is 2.10 bits per heavy atom. The van der Waals surface area contributed by atoms with Crippen LogP contribution in [-0.2, 0) is 9.53 Å². The van der Waals surface area contributed by atoms with Crippen LogP contribution in [-0.4, -0.2) is 12.1 Å². The van der Waals surface area contributed by atoms with Gasteiger partial charge in [0, 0.05) is 0 Å². The minimum atomic E-state index is 0.0637. The Bertz CT molecular complexity index is 149. The molecule has 56 valence electrons. The van der Waals surface area contributed by atoms with Crippen molar-refractivity contribution in [1.29, 1.82) is 0 Å². The van der Waals surface area contributed by atoms with Crippen molar-refractivity contribution in [3.63, 3.8) is 0 Å². The molecule has 0 radical (unpaired) electrons. The van der Waals surface area contributed by atoms with Gasteiger partial charge in [-0.2, -0.15) is 0 Å². The molecule has 3 rings (SSSR count). The van der Waals surface area contributed by atoms with E-state index in [1.165, 1.54) is 6.42 Å². The normalized spacial score (nSPS) is 39.0. The number of hydrogen-bond acceptors (Lipinski definition) is 2. The molecule has 0 unspecified atom stereocenters. The SMILES string of the molecule is O=C1O[C@@H]2CCC[C@@H]1CC2. The third kappa shape index (κ3) is 0.917. The van der Waals surface area contributed by atoms with Crippen LogP contribution in [0.25, 0.3) is 0 Å². The molecule has 1 aliphatic carbocycles. The van der Waals surface area contributed by atoms with Crippen LogP contribution in [0, 0.1) is 5.92 Å². The van der Waals surface area contributed by atoms with Crippen LogP contribution in [0.3, 0.4) is 0 Å². The van der Waals surface area contributed by atoms with E-state index in [-0.39, 0.29) is 18.0 Å². The molecule has 2 saturated heterocycles. The summed E-state index contributed by atoms with van der Waals surface area (Å²) >= 11 is 0. The number of carbonyl (C=O) groups excluding carboxylic acids is 1. The van der Waals surface area contributed by atoms with Gasteiger partial charge in [0.05, 0.1) is 5.92 Å². The van der Waals surface area contributed by atoms with Gasteiger partial charge in [-0.15, -0.1) is 0 Å². The fraction of sp³-hybridized carbons (Fsp3) is 0.875. The van der Waals surface area contributed by atoms with E-state index in [1.54, 1.807) is 0 Å². The second-order valence-corrected chi connectivity index (χ2v) is 3.26. The number of esters is 1. The topological polar surface area (TPSA) is 26.3 Å². The summed E-state index contributed by atoms with van der Waals surface area (Å²) in [5.74, 6) is 0.313. The fourth-order valence-corrected chi connectivity index (χ4v) is 1.88. The molecule has 3 aliphatic rings. The summed E-state index contributed by atoms with van der Waals surface area (Å²) in [5, 5.41) is 0. The Morgan fingerprint density at radius 3 is 2.90 bits per heavy atom. The number of hydrogen-bond donors (Lipinski definition) is 0. The second-order valence-electron chi connectivity index (χ2n) is 3.26. The number of fused-ring (bicyclic) bond motifs is 4. The number of rotatable bonds is 0. The second kappa shape index (κ2) is 2.26. The van der Waals surface area contributed by atoms with E-state index in [9.17, 15) is 4.79 Å². The van der Waals surface area contributed by atoms with Gasteiger partial charge in [-0.05, 0) is 32.1 Å². The van der Waals surface area contributed by atoms with Crippen LogP contribution in [0.15, 0.2) is 0 Å². The molecule has 2 aliphatic heterocycles. The predicted molar refractivity (Wildman–Crippen MR) is 36.5 cm³/mol. The fourth-order valence-electron chi connectivity index (χ4n) is 1.88. The van der Waals surface area contributed by atoms with Gasteiger partial charge in [-0.3, -0.25) is 4.79 Å². The Hall–Kier alpha value is -0.530. The molecular formula is C8H12O2. The Kier molecular flexibility index (Phi) is 1.40. The number of carbonyl (C=O) groups is 1. The van der Waals surface area contributed by atoms with Crippen molar-refractivity contribution in [3.05, 3.63) is 0 Å². The third-order valence-electron chi connectivity index (χ3n) is 2.53. The molecule has 0 amide bonds. The van der Waals surface area contributed by atoms with Crippen molar-refractivity contribution in [2.24, 2.45) is 5.92 Å². The molecule has 3 fully saturated rings. The van der Waals surface area contributed by atoms with E-state index in [0.29, 0.717) is 0 Å². The summed E-state index contributed by atoms with van der Waals surface area (Å²) in [6.07, 6.45) is 5.80. The summed E-state index contributed by atoms with van der Waals surface area (Å²) in [5.41, 5.74) is 0. The van der Waals surface area contributed by atoms with Crippen molar-refractivity contribution in [1.82, 2.24) is 0 Å². The van der Waals surface area contributed by atoms with Gasteiger partial charge in [-0.1, -0.05) is 0 Å². The van der Waals surface area contributed by atoms with Gasteiger partial charge >= 0.3 is 5.97 Å². The molecule has 0 spiro atoms. The van der Waals surface area contributed by atoms with Crippen molar-refractivity contribution in [2.45, 2.75) is 38.2 Å². The average molecular weight is 140 g/mol. The molecule has 2 nitrogen and oxygen atoms in total. The zero-order chi connectivity index (χ0) is 6.97. The van der Waals surface area contributed by atoms with E-state index in [4.69, 9.17) is 4.74 Å². The van der Waals surface area contributed by atoms with Gasteiger partial charge in [-0.25, -0.2) is 0 Å². The highest BCUT2D eigenvalue weighted by Crippen LogP contribution is 2.31. The van der Waals surface area contributed by atoms with Crippen molar-refractivity contribution >= 4 is 5.97 Å². The van der Waals surface area contributed by atoms with Crippen LogP contribution >= 0.6 is 0 Å². The maximum Gasteiger partial charge on any atom is 0.309 e. The first-order valence-corrected chi connectivity index (χ1v) is 4.07.